The molecule has 3 heterocycles. The third-order valence-corrected chi connectivity index (χ3v) is 5.48. The Hall–Kier alpha value is -4.54. The number of aromatic nitrogens is 3. The Balaban J connectivity index is 1.44. The van der Waals surface area contributed by atoms with Crippen LogP contribution in [0, 0.1) is 25.5 Å². The Kier molecular flexibility index (Phi) is 5.51. The molecule has 1 aliphatic rings. The molecule has 1 aliphatic heterocycles. The number of carbonyl (C=O) groups excluding carboxylic acids is 1. The van der Waals surface area contributed by atoms with Crippen LogP contribution < -0.4 is 20.3 Å². The van der Waals surface area contributed by atoms with Gasteiger partial charge in [-0.2, -0.15) is 4.98 Å². The lowest BCUT2D eigenvalue weighted by Gasteiger charge is -2.13. The number of fused-ring (bicyclic) bond motifs is 1. The molecule has 0 bridgehead atoms. The smallest absolute Gasteiger partial charge is 0.264 e. The fourth-order valence-corrected chi connectivity index (χ4v) is 3.79. The third kappa shape index (κ3) is 4.23. The van der Waals surface area contributed by atoms with E-state index < -0.39 is 29.6 Å². The average molecular weight is 480 g/mol. The van der Waals surface area contributed by atoms with E-state index in [9.17, 15) is 18.4 Å². The van der Waals surface area contributed by atoms with E-state index in [0.29, 0.717) is 34.4 Å². The highest BCUT2D eigenvalue weighted by Crippen LogP contribution is 2.35. The number of rotatable bonds is 5. The zero-order chi connectivity index (χ0) is 24.7. The lowest BCUT2D eigenvalue weighted by atomic mass is 10.1. The fraction of sp³-hybridized carbons (Fsp3) is 0.167. The molecule has 178 valence electrons. The molecule has 35 heavy (non-hydrogen) atoms. The molecule has 0 spiro atoms. The SMILES string of the molecule is Cc1cc(C)n(CC(=O)Nc2ccc(F)cc2F)c(=O)c1-c1nc(-c2ccc3c(c2)OCO3)no1. The van der Waals surface area contributed by atoms with Crippen molar-refractivity contribution in [3.8, 4) is 34.3 Å². The number of pyridine rings is 1. The van der Waals surface area contributed by atoms with Crippen LogP contribution in [0.2, 0.25) is 0 Å². The lowest BCUT2D eigenvalue weighted by Crippen LogP contribution is -2.31. The summed E-state index contributed by atoms with van der Waals surface area (Å²) in [5.74, 6) is -0.973. The first kappa shape index (κ1) is 22.3. The van der Waals surface area contributed by atoms with Gasteiger partial charge in [-0.15, -0.1) is 0 Å². The molecular weight excluding hydrogens is 462 g/mol. The van der Waals surface area contributed by atoms with Gasteiger partial charge >= 0.3 is 0 Å². The Morgan fingerprint density at radius 1 is 1.09 bits per heavy atom. The molecule has 0 unspecified atom stereocenters. The highest BCUT2D eigenvalue weighted by Gasteiger charge is 2.22. The van der Waals surface area contributed by atoms with Gasteiger partial charge in [-0.05, 0) is 55.8 Å². The number of hydrogen-bond acceptors (Lipinski definition) is 7. The highest BCUT2D eigenvalue weighted by atomic mass is 19.1. The molecule has 11 heteroatoms. The summed E-state index contributed by atoms with van der Waals surface area (Å²) < 4.78 is 44.3. The Morgan fingerprint density at radius 3 is 2.69 bits per heavy atom. The number of nitrogens with zero attached hydrogens (tertiary/aromatic N) is 3. The minimum atomic E-state index is -0.922. The molecule has 0 saturated carbocycles. The molecule has 4 aromatic rings. The minimum Gasteiger partial charge on any atom is -0.454 e. The number of hydrogen-bond donors (Lipinski definition) is 1. The minimum absolute atomic E-state index is 0.0149. The summed E-state index contributed by atoms with van der Waals surface area (Å²) in [6.07, 6.45) is 0. The van der Waals surface area contributed by atoms with E-state index in [2.05, 4.69) is 15.5 Å². The van der Waals surface area contributed by atoms with Gasteiger partial charge in [0, 0.05) is 17.3 Å². The molecular formula is C24H18F2N4O5. The van der Waals surface area contributed by atoms with Crippen LogP contribution >= 0.6 is 0 Å². The summed E-state index contributed by atoms with van der Waals surface area (Å²) in [6, 6.07) is 9.65. The molecule has 1 N–H and O–H groups in total. The molecule has 1 amide bonds. The number of benzene rings is 2. The van der Waals surface area contributed by atoms with Gasteiger partial charge in [-0.25, -0.2) is 8.78 Å². The van der Waals surface area contributed by atoms with Gasteiger partial charge in [0.05, 0.1) is 5.69 Å². The third-order valence-electron chi connectivity index (χ3n) is 5.48. The van der Waals surface area contributed by atoms with Crippen molar-refractivity contribution in [1.29, 1.82) is 0 Å². The number of aryl methyl sites for hydroxylation is 2. The van der Waals surface area contributed by atoms with Crippen molar-refractivity contribution in [2.45, 2.75) is 20.4 Å². The van der Waals surface area contributed by atoms with Crippen molar-refractivity contribution in [3.63, 3.8) is 0 Å². The summed E-state index contributed by atoms with van der Waals surface area (Å²) in [6.45, 7) is 3.10. The maximum Gasteiger partial charge on any atom is 0.264 e. The average Bonchev–Trinajstić information content (AvgIpc) is 3.48. The van der Waals surface area contributed by atoms with E-state index in [-0.39, 0.29) is 29.8 Å². The predicted octanol–water partition coefficient (Wildman–Crippen LogP) is 3.83. The van der Waals surface area contributed by atoms with Gasteiger partial charge in [-0.3, -0.25) is 9.59 Å². The summed E-state index contributed by atoms with van der Waals surface area (Å²) >= 11 is 0. The highest BCUT2D eigenvalue weighted by molar-refractivity contribution is 5.90. The van der Waals surface area contributed by atoms with E-state index in [4.69, 9.17) is 14.0 Å². The van der Waals surface area contributed by atoms with Crippen LogP contribution in [0.25, 0.3) is 22.8 Å². The number of anilines is 1. The number of nitrogens with one attached hydrogen (secondary N) is 1. The largest absolute Gasteiger partial charge is 0.454 e. The molecule has 2 aromatic heterocycles. The first-order chi connectivity index (χ1) is 16.8. The van der Waals surface area contributed by atoms with Crippen molar-refractivity contribution >= 4 is 11.6 Å². The van der Waals surface area contributed by atoms with Gasteiger partial charge < -0.3 is 23.9 Å². The molecule has 2 aromatic carbocycles. The van der Waals surface area contributed by atoms with E-state index >= 15 is 0 Å². The summed E-state index contributed by atoms with van der Waals surface area (Å²) in [4.78, 5) is 30.2. The standard InChI is InChI=1S/C24H18F2N4O5/c1-12-7-13(2)30(10-20(31)27-17-5-4-15(25)9-16(17)26)24(32)21(12)23-28-22(29-35-23)14-3-6-18-19(8-14)34-11-33-18/h3-9H,10-11H2,1-2H3,(H,27,31). The van der Waals surface area contributed by atoms with Crippen LogP contribution in [0.15, 0.2) is 51.8 Å². The second-order valence-electron chi connectivity index (χ2n) is 7.90. The Bertz CT molecular complexity index is 1530. The zero-order valence-corrected chi connectivity index (χ0v) is 18.6. The van der Waals surface area contributed by atoms with Gasteiger partial charge in [0.25, 0.3) is 11.4 Å². The molecule has 9 nitrogen and oxygen atoms in total. The van der Waals surface area contributed by atoms with Crippen LogP contribution in [0.1, 0.15) is 11.3 Å². The van der Waals surface area contributed by atoms with Crippen LogP contribution in [0.4, 0.5) is 14.5 Å². The van der Waals surface area contributed by atoms with Crippen LogP contribution in [0.5, 0.6) is 11.5 Å². The van der Waals surface area contributed by atoms with Crippen LogP contribution in [-0.2, 0) is 11.3 Å². The maximum absolute atomic E-state index is 13.9. The molecule has 0 atom stereocenters. The Morgan fingerprint density at radius 2 is 1.89 bits per heavy atom. The van der Waals surface area contributed by atoms with Crippen molar-refractivity contribution in [3.05, 3.63) is 75.7 Å². The lowest BCUT2D eigenvalue weighted by molar-refractivity contribution is -0.116. The topological polar surface area (TPSA) is 108 Å². The van der Waals surface area contributed by atoms with Gasteiger partial charge in [0.2, 0.25) is 18.5 Å². The van der Waals surface area contributed by atoms with Crippen LogP contribution in [0.3, 0.4) is 0 Å². The maximum atomic E-state index is 13.9. The van der Waals surface area contributed by atoms with Gasteiger partial charge in [0.1, 0.15) is 23.7 Å². The normalized spacial score (nSPS) is 12.1. The van der Waals surface area contributed by atoms with E-state index in [0.717, 1.165) is 12.1 Å². The first-order valence-electron chi connectivity index (χ1n) is 10.5. The second-order valence-corrected chi connectivity index (χ2v) is 7.90. The first-order valence-corrected chi connectivity index (χ1v) is 10.5. The van der Waals surface area contributed by atoms with E-state index in [1.54, 1.807) is 38.1 Å². The quantitative estimate of drug-likeness (QED) is 0.463. The monoisotopic (exact) mass is 480 g/mol. The molecule has 0 radical (unpaired) electrons. The van der Waals surface area contributed by atoms with Gasteiger partial charge in [0.15, 0.2) is 11.5 Å². The van der Waals surface area contributed by atoms with E-state index in [1.165, 1.54) is 4.57 Å². The van der Waals surface area contributed by atoms with Crippen molar-refractivity contribution in [1.82, 2.24) is 14.7 Å². The number of amides is 1. The Labute approximate surface area is 196 Å². The summed E-state index contributed by atoms with van der Waals surface area (Å²) in [7, 11) is 0. The predicted molar refractivity (Wildman–Crippen MR) is 120 cm³/mol. The number of ether oxygens (including phenoxy) is 2. The van der Waals surface area contributed by atoms with Gasteiger partial charge in [-0.1, -0.05) is 5.16 Å². The summed E-state index contributed by atoms with van der Waals surface area (Å²) in [5.41, 5.74) is 1.10. The molecule has 0 fully saturated rings. The summed E-state index contributed by atoms with van der Waals surface area (Å²) in [5, 5.41) is 6.32. The van der Waals surface area contributed by atoms with Crippen molar-refractivity contribution < 1.29 is 27.6 Å². The molecule has 5 rings (SSSR count). The molecule has 0 saturated heterocycles. The fourth-order valence-electron chi connectivity index (χ4n) is 3.79. The molecule has 0 aliphatic carbocycles. The van der Waals surface area contributed by atoms with Crippen molar-refractivity contribution in [2.24, 2.45) is 0 Å². The second kappa shape index (κ2) is 8.67. The van der Waals surface area contributed by atoms with Crippen molar-refractivity contribution in [2.75, 3.05) is 12.1 Å². The zero-order valence-electron chi connectivity index (χ0n) is 18.6. The van der Waals surface area contributed by atoms with Crippen LogP contribution in [-0.4, -0.2) is 27.4 Å². The number of carbonyl (C=O) groups is 1. The van der Waals surface area contributed by atoms with E-state index in [1.807, 2.05) is 0 Å². The number of halogens is 2.